The molecule has 1 aliphatic carbocycles. The molecule has 0 saturated heterocycles. The quantitative estimate of drug-likeness (QED) is 0.308. The van der Waals surface area contributed by atoms with Gasteiger partial charge in [0.05, 0.1) is 0 Å². The van der Waals surface area contributed by atoms with Crippen LogP contribution in [0.25, 0.3) is 0 Å². The molecule has 0 aromatic carbocycles. The molecule has 2 nitrogen and oxygen atoms in total. The van der Waals surface area contributed by atoms with Gasteiger partial charge in [-0.25, -0.2) is 0 Å². The summed E-state index contributed by atoms with van der Waals surface area (Å²) in [6.07, 6.45) is 8.04. The van der Waals surface area contributed by atoms with Gasteiger partial charge in [-0.2, -0.15) is 0 Å². The maximum Gasteiger partial charge on any atom is 0.217 e. The molecule has 1 unspecified atom stereocenters. The van der Waals surface area contributed by atoms with Crippen LogP contribution in [0.3, 0.4) is 0 Å². The average molecular weight is 206 g/mol. The third-order valence-electron chi connectivity index (χ3n) is 3.16. The Morgan fingerprint density at radius 2 is 2.20 bits per heavy atom. The van der Waals surface area contributed by atoms with E-state index in [4.69, 9.17) is 0 Å². The summed E-state index contributed by atoms with van der Waals surface area (Å²) >= 11 is 0. The summed E-state index contributed by atoms with van der Waals surface area (Å²) in [6, 6.07) is 0. The fourth-order valence-corrected chi connectivity index (χ4v) is 2.21. The summed E-state index contributed by atoms with van der Waals surface area (Å²) in [5.74, 6) is -0.181. The van der Waals surface area contributed by atoms with Crippen LogP contribution in [0, 0.1) is 11.3 Å². The Hall–Kier alpha value is -1.18. The molecule has 82 valence electrons. The smallest absolute Gasteiger partial charge is 0.217 e. The molecule has 0 fully saturated rings. The average Bonchev–Trinajstić information content (AvgIpc) is 2.15. The lowest BCUT2D eigenvalue weighted by atomic mass is 9.68. The van der Waals surface area contributed by atoms with Crippen molar-refractivity contribution >= 4 is 12.1 Å². The third kappa shape index (κ3) is 2.88. The van der Waals surface area contributed by atoms with Gasteiger partial charge >= 0.3 is 0 Å². The van der Waals surface area contributed by atoms with E-state index in [1.54, 1.807) is 0 Å². The molecule has 0 aromatic heterocycles. The van der Waals surface area contributed by atoms with Crippen LogP contribution in [-0.2, 0) is 9.59 Å². The van der Waals surface area contributed by atoms with Crippen LogP contribution in [0.4, 0.5) is 0 Å². The zero-order chi connectivity index (χ0) is 11.5. The van der Waals surface area contributed by atoms with Crippen molar-refractivity contribution in [3.05, 3.63) is 23.8 Å². The minimum Gasteiger partial charge on any atom is -0.294 e. The first kappa shape index (κ1) is 11.9. The van der Waals surface area contributed by atoms with E-state index in [1.807, 2.05) is 6.08 Å². The molecule has 1 atom stereocenters. The monoisotopic (exact) mass is 206 g/mol. The zero-order valence-electron chi connectivity index (χ0n) is 9.62. The van der Waals surface area contributed by atoms with E-state index in [9.17, 15) is 9.59 Å². The number of carbonyl (C=O) groups excluding carboxylic acids is 2. The molecular formula is C13H18O2. The maximum absolute atomic E-state index is 10.9. The highest BCUT2D eigenvalue weighted by atomic mass is 16.2. The van der Waals surface area contributed by atoms with Crippen molar-refractivity contribution in [2.45, 2.75) is 33.6 Å². The molecule has 0 amide bonds. The number of carbonyl (C=O) groups is 2. The van der Waals surface area contributed by atoms with Crippen molar-refractivity contribution in [2.24, 2.45) is 11.3 Å². The summed E-state index contributed by atoms with van der Waals surface area (Å²) in [6.45, 7) is 6.48. The molecule has 1 rings (SSSR count). The largest absolute Gasteiger partial charge is 0.294 e. The fraction of sp³-hybridized carbons (Fsp3) is 0.538. The predicted molar refractivity (Wildman–Crippen MR) is 60.5 cm³/mol. The molecule has 0 N–H and O–H groups in total. The van der Waals surface area contributed by atoms with Gasteiger partial charge in [0.1, 0.15) is 0 Å². The van der Waals surface area contributed by atoms with Crippen LogP contribution in [0.15, 0.2) is 23.8 Å². The third-order valence-corrected chi connectivity index (χ3v) is 3.16. The SMILES string of the molecule is CC1=CCCC(C)(C)C1C=CC(=O)C=O. The molecule has 0 radical (unpaired) electrons. The Labute approximate surface area is 91.1 Å². The molecule has 0 bridgehead atoms. The van der Waals surface area contributed by atoms with E-state index < -0.39 is 5.78 Å². The minimum absolute atomic E-state index is 0.179. The number of allylic oxidation sites excluding steroid dienone is 4. The van der Waals surface area contributed by atoms with Crippen molar-refractivity contribution in [1.82, 2.24) is 0 Å². The van der Waals surface area contributed by atoms with Crippen molar-refractivity contribution in [3.8, 4) is 0 Å². The van der Waals surface area contributed by atoms with Gasteiger partial charge in [0.2, 0.25) is 5.78 Å². The van der Waals surface area contributed by atoms with Gasteiger partial charge in [-0.15, -0.1) is 0 Å². The summed E-state index contributed by atoms with van der Waals surface area (Å²) in [4.78, 5) is 21.1. The van der Waals surface area contributed by atoms with E-state index in [2.05, 4.69) is 26.8 Å². The Bertz CT molecular complexity index is 321. The molecule has 0 aliphatic heterocycles. The standard InChI is InChI=1S/C13H18O2/c1-10-5-4-8-13(2,3)12(10)7-6-11(15)9-14/h5-7,9,12H,4,8H2,1-3H3. The second-order valence-corrected chi connectivity index (χ2v) is 4.83. The molecule has 0 saturated carbocycles. The Morgan fingerprint density at radius 1 is 1.53 bits per heavy atom. The highest BCUT2D eigenvalue weighted by Gasteiger charge is 2.30. The zero-order valence-corrected chi connectivity index (χ0v) is 9.62. The second kappa shape index (κ2) is 4.56. The van der Waals surface area contributed by atoms with Crippen LogP contribution in [0.2, 0.25) is 0 Å². The Kier molecular flexibility index (Phi) is 3.61. The summed E-state index contributed by atoms with van der Waals surface area (Å²) in [5.41, 5.74) is 1.47. The number of hydrogen-bond donors (Lipinski definition) is 0. The lowest BCUT2D eigenvalue weighted by Crippen LogP contribution is -2.26. The van der Waals surface area contributed by atoms with E-state index in [0.29, 0.717) is 6.29 Å². The Morgan fingerprint density at radius 3 is 2.73 bits per heavy atom. The second-order valence-electron chi connectivity index (χ2n) is 4.83. The van der Waals surface area contributed by atoms with Crippen LogP contribution < -0.4 is 0 Å². The highest BCUT2D eigenvalue weighted by molar-refractivity contribution is 6.30. The van der Waals surface area contributed by atoms with Crippen LogP contribution in [0.1, 0.15) is 33.6 Å². The molecule has 0 aromatic rings. The first-order chi connectivity index (χ1) is 6.97. The lowest BCUT2D eigenvalue weighted by molar-refractivity contribution is -0.126. The van der Waals surface area contributed by atoms with Crippen molar-refractivity contribution in [2.75, 3.05) is 0 Å². The van der Waals surface area contributed by atoms with E-state index in [0.717, 1.165) is 12.8 Å². The molecular weight excluding hydrogens is 188 g/mol. The number of ketones is 1. The van der Waals surface area contributed by atoms with E-state index in [1.165, 1.54) is 11.6 Å². The van der Waals surface area contributed by atoms with E-state index >= 15 is 0 Å². The van der Waals surface area contributed by atoms with Gasteiger partial charge in [0.25, 0.3) is 0 Å². The maximum atomic E-state index is 10.9. The molecule has 0 heterocycles. The molecule has 15 heavy (non-hydrogen) atoms. The first-order valence-corrected chi connectivity index (χ1v) is 5.31. The molecule has 2 heteroatoms. The first-order valence-electron chi connectivity index (χ1n) is 5.31. The minimum atomic E-state index is -0.454. The van der Waals surface area contributed by atoms with Crippen molar-refractivity contribution < 1.29 is 9.59 Å². The van der Waals surface area contributed by atoms with Crippen LogP contribution in [-0.4, -0.2) is 12.1 Å². The summed E-state index contributed by atoms with van der Waals surface area (Å²) in [5, 5.41) is 0. The summed E-state index contributed by atoms with van der Waals surface area (Å²) < 4.78 is 0. The highest BCUT2D eigenvalue weighted by Crippen LogP contribution is 2.41. The number of hydrogen-bond acceptors (Lipinski definition) is 2. The van der Waals surface area contributed by atoms with Crippen molar-refractivity contribution in [3.63, 3.8) is 0 Å². The lowest BCUT2D eigenvalue weighted by Gasteiger charge is -2.36. The number of aldehydes is 1. The van der Waals surface area contributed by atoms with Gasteiger partial charge < -0.3 is 0 Å². The predicted octanol–water partition coefficient (Wildman–Crippen LogP) is 2.69. The van der Waals surface area contributed by atoms with Crippen LogP contribution >= 0.6 is 0 Å². The normalized spacial score (nSPS) is 25.0. The summed E-state index contributed by atoms with van der Waals surface area (Å²) in [7, 11) is 0. The fourth-order valence-electron chi connectivity index (χ4n) is 2.21. The molecule has 0 spiro atoms. The Balaban J connectivity index is 2.85. The van der Waals surface area contributed by atoms with Gasteiger partial charge in [-0.3, -0.25) is 9.59 Å². The molecule has 1 aliphatic rings. The van der Waals surface area contributed by atoms with Crippen LogP contribution in [0.5, 0.6) is 0 Å². The van der Waals surface area contributed by atoms with Gasteiger partial charge in [0.15, 0.2) is 6.29 Å². The van der Waals surface area contributed by atoms with Crippen molar-refractivity contribution in [1.29, 1.82) is 0 Å². The topological polar surface area (TPSA) is 34.1 Å². The van der Waals surface area contributed by atoms with Gasteiger partial charge in [0, 0.05) is 5.92 Å². The number of rotatable bonds is 3. The van der Waals surface area contributed by atoms with Gasteiger partial charge in [-0.05, 0) is 31.3 Å². The van der Waals surface area contributed by atoms with E-state index in [-0.39, 0.29) is 11.3 Å². The van der Waals surface area contributed by atoms with Gasteiger partial charge in [-0.1, -0.05) is 31.6 Å².